The molecule has 0 bridgehead atoms. The second-order valence-corrected chi connectivity index (χ2v) is 3.20. The predicted molar refractivity (Wildman–Crippen MR) is 41.7 cm³/mol. The zero-order valence-corrected chi connectivity index (χ0v) is 9.65. The van der Waals surface area contributed by atoms with E-state index in [9.17, 15) is 0 Å². The molecule has 0 saturated carbocycles. The summed E-state index contributed by atoms with van der Waals surface area (Å²) in [6.07, 6.45) is 4.65. The Balaban J connectivity index is 0. The van der Waals surface area contributed by atoms with Crippen LogP contribution in [0.15, 0.2) is 0 Å². The monoisotopic (exact) mass is 237 g/mol. The minimum absolute atomic E-state index is 0. The van der Waals surface area contributed by atoms with Gasteiger partial charge in [0.05, 0.1) is 0 Å². The van der Waals surface area contributed by atoms with Crippen molar-refractivity contribution < 1.29 is 35.7 Å². The van der Waals surface area contributed by atoms with E-state index < -0.39 is 0 Å². The smallest absolute Gasteiger partial charge is 1.00 e. The molecule has 0 spiro atoms. The Hall–Kier alpha value is 0.729. The third-order valence-electron chi connectivity index (χ3n) is 1.22. The summed E-state index contributed by atoms with van der Waals surface area (Å²) in [4.78, 5) is 0. The summed E-state index contributed by atoms with van der Waals surface area (Å²) >= 11 is 0.472. The van der Waals surface area contributed by atoms with Crippen LogP contribution in [0.5, 0.6) is 0 Å². The van der Waals surface area contributed by atoms with Crippen molar-refractivity contribution in [3.63, 3.8) is 0 Å². The molecule has 77 valence electrons. The molecule has 0 atom stereocenters. The fourth-order valence-corrected chi connectivity index (χ4v) is 1.07. The molecule has 0 aliphatic heterocycles. The summed E-state index contributed by atoms with van der Waals surface area (Å²) in [7, 11) is 0. The van der Waals surface area contributed by atoms with Crippen molar-refractivity contribution in [2.45, 2.75) is 39.5 Å². The van der Waals surface area contributed by atoms with E-state index in [1.807, 2.05) is 0 Å². The average molecular weight is 238 g/mol. The Bertz CT molecular complexity index is 66.1. The van der Waals surface area contributed by atoms with E-state index in [4.69, 9.17) is 7.64 Å². The van der Waals surface area contributed by atoms with E-state index in [2.05, 4.69) is 13.8 Å². The molecule has 0 rings (SSSR count). The number of rotatable bonds is 8. The molecule has 2 nitrogen and oxygen atoms in total. The largest absolute Gasteiger partial charge is 1.00 e. The van der Waals surface area contributed by atoms with Gasteiger partial charge in [0.15, 0.2) is 0 Å². The minimum atomic E-state index is 0. The van der Waals surface area contributed by atoms with Crippen molar-refractivity contribution in [1.29, 1.82) is 0 Å². The van der Waals surface area contributed by atoms with Crippen LogP contribution in [0.2, 0.25) is 0 Å². The molecule has 12 heavy (non-hydrogen) atoms. The Morgan fingerprint density at radius 3 is 1.67 bits per heavy atom. The van der Waals surface area contributed by atoms with Gasteiger partial charge in [0.25, 0.3) is 0 Å². The van der Waals surface area contributed by atoms with Crippen LogP contribution in [0.4, 0.5) is 0 Å². The van der Waals surface area contributed by atoms with Gasteiger partial charge in [0.1, 0.15) is 0 Å². The van der Waals surface area contributed by atoms with Gasteiger partial charge in [-0.25, -0.2) is 0 Å². The van der Waals surface area contributed by atoms with Crippen molar-refractivity contribution in [1.82, 2.24) is 0 Å². The molecule has 0 radical (unpaired) electrons. The van der Waals surface area contributed by atoms with E-state index in [1.165, 1.54) is 12.8 Å². The van der Waals surface area contributed by atoms with Crippen molar-refractivity contribution in [2.24, 2.45) is 0 Å². The Labute approximate surface area is 88.6 Å². The normalized spacial score (nSPS) is 9.50. The first-order valence-corrected chi connectivity index (χ1v) is 5.18. The van der Waals surface area contributed by atoms with Crippen LogP contribution in [-0.2, 0) is 23.3 Å². The Morgan fingerprint density at radius 2 is 1.33 bits per heavy atom. The maximum Gasteiger partial charge on any atom is -1.00 e. The predicted octanol–water partition coefficient (Wildman–Crippen LogP) is -0.464. The maximum atomic E-state index is 5.20. The first-order valence-electron chi connectivity index (χ1n) is 4.28. The first-order chi connectivity index (χ1) is 5.41. The Kier molecular flexibility index (Phi) is 18.1. The number of unbranched alkanes of at least 4 members (excludes halogenated alkanes) is 2. The molecule has 0 aliphatic rings. The minimum Gasteiger partial charge on any atom is -1.00 e. The topological polar surface area (TPSA) is 18.5 Å². The van der Waals surface area contributed by atoms with Crippen molar-refractivity contribution in [3.05, 3.63) is 0 Å². The average Bonchev–Trinajstić information content (AvgIpc) is 2.03. The number of halogens is 1. The molecule has 0 aromatic heterocycles. The van der Waals surface area contributed by atoms with E-state index in [1.54, 1.807) is 0 Å². The molecule has 0 N–H and O–H groups in total. The van der Waals surface area contributed by atoms with E-state index in [-0.39, 0.29) is 12.4 Å². The molecule has 0 heterocycles. The molecule has 0 aromatic carbocycles. The molecule has 0 saturated heterocycles. The van der Waals surface area contributed by atoms with E-state index >= 15 is 0 Å². The number of hydrogen-bond donors (Lipinski definition) is 0. The van der Waals surface area contributed by atoms with E-state index in [0.29, 0.717) is 15.6 Å². The molecule has 0 aromatic rings. The van der Waals surface area contributed by atoms with Crippen LogP contribution in [0.25, 0.3) is 0 Å². The molecule has 4 heteroatoms. The standard InChI is InChI=1S/2C4H9O.ClH.Fe/c2*1-2-3-4-5;;/h2*2-4H2,1H3;1H;/q2*-1;;+3/p-1. The van der Waals surface area contributed by atoms with Crippen LogP contribution in [-0.4, -0.2) is 13.2 Å². The van der Waals surface area contributed by atoms with Crippen LogP contribution >= 0.6 is 0 Å². The second-order valence-electron chi connectivity index (χ2n) is 2.38. The summed E-state index contributed by atoms with van der Waals surface area (Å²) in [5, 5.41) is 0. The zero-order chi connectivity index (χ0) is 8.36. The van der Waals surface area contributed by atoms with Gasteiger partial charge in [-0.1, -0.05) is 0 Å². The third kappa shape index (κ3) is 13.3. The van der Waals surface area contributed by atoms with Gasteiger partial charge in [0, 0.05) is 0 Å². The molecule has 0 fully saturated rings. The molecular weight excluding hydrogens is 219 g/mol. The quantitative estimate of drug-likeness (QED) is 0.420. The molecule has 0 amide bonds. The van der Waals surface area contributed by atoms with Crippen LogP contribution in [0, 0.1) is 0 Å². The maximum absolute atomic E-state index is 5.20. The van der Waals surface area contributed by atoms with Gasteiger partial charge < -0.3 is 12.4 Å². The fourth-order valence-electron chi connectivity index (χ4n) is 0.479. The van der Waals surface area contributed by atoms with Crippen LogP contribution in [0.3, 0.4) is 0 Å². The van der Waals surface area contributed by atoms with Crippen molar-refractivity contribution >= 4 is 0 Å². The zero-order valence-electron chi connectivity index (χ0n) is 7.79. The second kappa shape index (κ2) is 14.3. The van der Waals surface area contributed by atoms with Gasteiger partial charge in [-0.15, -0.1) is 0 Å². The van der Waals surface area contributed by atoms with Gasteiger partial charge in [-0.05, 0) is 0 Å². The first kappa shape index (κ1) is 15.2. The number of hydrogen-bond acceptors (Lipinski definition) is 2. The SMILES string of the molecule is CCCC[O][Fe+][O]CCCC.[Cl-]. The fraction of sp³-hybridized carbons (Fsp3) is 1.00. The van der Waals surface area contributed by atoms with Gasteiger partial charge in [-0.3, -0.25) is 0 Å². The van der Waals surface area contributed by atoms with E-state index in [0.717, 1.165) is 26.1 Å². The van der Waals surface area contributed by atoms with Crippen LogP contribution in [0.1, 0.15) is 39.5 Å². The van der Waals surface area contributed by atoms with Crippen molar-refractivity contribution in [2.75, 3.05) is 13.2 Å². The van der Waals surface area contributed by atoms with Gasteiger partial charge in [0.2, 0.25) is 0 Å². The Morgan fingerprint density at radius 1 is 0.917 bits per heavy atom. The van der Waals surface area contributed by atoms with Gasteiger partial charge in [-0.2, -0.15) is 0 Å². The summed E-state index contributed by atoms with van der Waals surface area (Å²) in [6, 6.07) is 0. The molecular formula is C8H18ClFeO2. The molecule has 0 unspecified atom stereocenters. The van der Waals surface area contributed by atoms with Gasteiger partial charge >= 0.3 is 76.0 Å². The summed E-state index contributed by atoms with van der Waals surface area (Å²) < 4.78 is 10.4. The summed E-state index contributed by atoms with van der Waals surface area (Å²) in [6.45, 7) is 5.98. The third-order valence-corrected chi connectivity index (χ3v) is 1.93. The summed E-state index contributed by atoms with van der Waals surface area (Å²) in [5.74, 6) is 0. The molecule has 0 aliphatic carbocycles. The summed E-state index contributed by atoms with van der Waals surface area (Å²) in [5.41, 5.74) is 0. The van der Waals surface area contributed by atoms with Crippen molar-refractivity contribution in [3.8, 4) is 0 Å². The van der Waals surface area contributed by atoms with Crippen LogP contribution < -0.4 is 12.4 Å².